The van der Waals surface area contributed by atoms with Gasteiger partial charge in [-0.1, -0.05) is 36.4 Å². The van der Waals surface area contributed by atoms with Crippen LogP contribution in [0.1, 0.15) is 24.5 Å². The minimum atomic E-state index is 0.119. The molecule has 0 saturated heterocycles. The second-order valence-corrected chi connectivity index (χ2v) is 4.88. The standard InChI is InChI=1S/C16H20N2/c1-11-6-4-7-12(2)16(11)18-13(3)14-8-5-9-15(17)10-14/h4-9,15H,10,17H2,1-3H3. The van der Waals surface area contributed by atoms with Crippen molar-refractivity contribution < 1.29 is 0 Å². The molecule has 1 unspecified atom stereocenters. The highest BCUT2D eigenvalue weighted by atomic mass is 14.8. The summed E-state index contributed by atoms with van der Waals surface area (Å²) >= 11 is 0. The molecule has 0 amide bonds. The second kappa shape index (κ2) is 5.32. The molecular weight excluding hydrogens is 220 g/mol. The summed E-state index contributed by atoms with van der Waals surface area (Å²) < 4.78 is 0. The number of nitrogens with zero attached hydrogens (tertiary/aromatic N) is 1. The molecule has 0 spiro atoms. The molecular formula is C16H20N2. The number of hydrogen-bond donors (Lipinski definition) is 1. The van der Waals surface area contributed by atoms with E-state index < -0.39 is 0 Å². The van der Waals surface area contributed by atoms with Gasteiger partial charge in [0.25, 0.3) is 0 Å². The lowest BCUT2D eigenvalue weighted by Crippen LogP contribution is -2.21. The van der Waals surface area contributed by atoms with E-state index in [1.54, 1.807) is 0 Å². The van der Waals surface area contributed by atoms with Crippen LogP contribution in [0, 0.1) is 13.8 Å². The fourth-order valence-corrected chi connectivity index (χ4v) is 2.19. The van der Waals surface area contributed by atoms with Gasteiger partial charge in [-0.25, -0.2) is 0 Å². The van der Waals surface area contributed by atoms with E-state index >= 15 is 0 Å². The quantitative estimate of drug-likeness (QED) is 0.788. The summed E-state index contributed by atoms with van der Waals surface area (Å²) in [5, 5.41) is 0. The lowest BCUT2D eigenvalue weighted by atomic mass is 9.97. The number of aryl methyl sites for hydroxylation is 2. The highest BCUT2D eigenvalue weighted by Crippen LogP contribution is 2.25. The number of aliphatic imine (C=N–C) groups is 1. The van der Waals surface area contributed by atoms with Crippen LogP contribution in [-0.4, -0.2) is 11.8 Å². The van der Waals surface area contributed by atoms with E-state index in [4.69, 9.17) is 10.7 Å². The summed E-state index contributed by atoms with van der Waals surface area (Å²) in [7, 11) is 0. The maximum atomic E-state index is 5.93. The van der Waals surface area contributed by atoms with E-state index in [2.05, 4.69) is 45.0 Å². The fraction of sp³-hybridized carbons (Fsp3) is 0.312. The Balaban J connectivity index is 2.34. The molecule has 1 aromatic carbocycles. The summed E-state index contributed by atoms with van der Waals surface area (Å²) in [5.41, 5.74) is 11.7. The molecule has 0 aliphatic heterocycles. The van der Waals surface area contributed by atoms with Crippen LogP contribution in [0.25, 0.3) is 0 Å². The zero-order valence-electron chi connectivity index (χ0n) is 11.3. The molecule has 0 heterocycles. The largest absolute Gasteiger partial charge is 0.324 e. The molecule has 2 rings (SSSR count). The van der Waals surface area contributed by atoms with Gasteiger partial charge in [0.15, 0.2) is 0 Å². The van der Waals surface area contributed by atoms with Crippen LogP contribution in [-0.2, 0) is 0 Å². The molecule has 18 heavy (non-hydrogen) atoms. The maximum Gasteiger partial charge on any atom is 0.0691 e. The van der Waals surface area contributed by atoms with Crippen LogP contribution in [0.2, 0.25) is 0 Å². The van der Waals surface area contributed by atoms with Crippen molar-refractivity contribution in [2.24, 2.45) is 10.7 Å². The molecule has 0 fully saturated rings. The van der Waals surface area contributed by atoms with Gasteiger partial charge in [-0.15, -0.1) is 0 Å². The summed E-state index contributed by atoms with van der Waals surface area (Å²) in [4.78, 5) is 4.78. The Labute approximate surface area is 109 Å². The van der Waals surface area contributed by atoms with E-state index in [1.165, 1.54) is 16.7 Å². The van der Waals surface area contributed by atoms with E-state index in [1.807, 2.05) is 12.2 Å². The minimum Gasteiger partial charge on any atom is -0.324 e. The van der Waals surface area contributed by atoms with Gasteiger partial charge in [0.1, 0.15) is 0 Å². The molecule has 0 aromatic heterocycles. The van der Waals surface area contributed by atoms with Crippen molar-refractivity contribution in [3.8, 4) is 0 Å². The lowest BCUT2D eigenvalue weighted by molar-refractivity contribution is 0.809. The zero-order valence-corrected chi connectivity index (χ0v) is 11.3. The number of rotatable bonds is 2. The normalized spacial score (nSPS) is 19.9. The minimum absolute atomic E-state index is 0.119. The smallest absolute Gasteiger partial charge is 0.0691 e. The predicted octanol–water partition coefficient (Wildman–Crippen LogP) is 3.61. The van der Waals surface area contributed by atoms with Crippen molar-refractivity contribution in [2.45, 2.75) is 33.2 Å². The van der Waals surface area contributed by atoms with Gasteiger partial charge in [-0.2, -0.15) is 0 Å². The molecule has 0 saturated carbocycles. The number of benzene rings is 1. The average Bonchev–Trinajstić information content (AvgIpc) is 2.34. The molecule has 1 atom stereocenters. The van der Waals surface area contributed by atoms with Crippen LogP contribution in [0.3, 0.4) is 0 Å². The Bertz CT molecular complexity index is 516. The number of nitrogens with two attached hydrogens (primary N) is 1. The van der Waals surface area contributed by atoms with Crippen LogP contribution in [0.15, 0.2) is 47.0 Å². The van der Waals surface area contributed by atoms with Gasteiger partial charge in [-0.3, -0.25) is 4.99 Å². The van der Waals surface area contributed by atoms with Gasteiger partial charge < -0.3 is 5.73 Å². The Hall–Kier alpha value is -1.67. The molecule has 94 valence electrons. The highest BCUT2D eigenvalue weighted by Gasteiger charge is 2.10. The summed E-state index contributed by atoms with van der Waals surface area (Å²) in [6.07, 6.45) is 7.02. The van der Waals surface area contributed by atoms with E-state index in [9.17, 15) is 0 Å². The first-order chi connectivity index (χ1) is 8.58. The molecule has 0 bridgehead atoms. The first-order valence-electron chi connectivity index (χ1n) is 6.33. The zero-order chi connectivity index (χ0) is 13.1. The Morgan fingerprint density at radius 1 is 1.28 bits per heavy atom. The summed E-state index contributed by atoms with van der Waals surface area (Å²) in [6, 6.07) is 6.38. The fourth-order valence-electron chi connectivity index (χ4n) is 2.19. The average molecular weight is 240 g/mol. The van der Waals surface area contributed by atoms with Crippen molar-refractivity contribution in [3.63, 3.8) is 0 Å². The molecule has 2 N–H and O–H groups in total. The summed E-state index contributed by atoms with van der Waals surface area (Å²) in [5.74, 6) is 0. The Morgan fingerprint density at radius 2 is 1.94 bits per heavy atom. The van der Waals surface area contributed by atoms with Crippen LogP contribution >= 0.6 is 0 Å². The Kier molecular flexibility index (Phi) is 3.78. The van der Waals surface area contributed by atoms with Gasteiger partial charge in [0.2, 0.25) is 0 Å². The molecule has 0 radical (unpaired) electrons. The van der Waals surface area contributed by atoms with Gasteiger partial charge in [-0.05, 0) is 43.9 Å². The number of para-hydroxylation sites is 1. The van der Waals surface area contributed by atoms with Crippen LogP contribution in [0.5, 0.6) is 0 Å². The van der Waals surface area contributed by atoms with Gasteiger partial charge in [0.05, 0.1) is 5.69 Å². The van der Waals surface area contributed by atoms with E-state index in [0.29, 0.717) is 0 Å². The van der Waals surface area contributed by atoms with E-state index in [-0.39, 0.29) is 6.04 Å². The van der Waals surface area contributed by atoms with Crippen molar-refractivity contribution in [3.05, 3.63) is 53.1 Å². The van der Waals surface area contributed by atoms with Gasteiger partial charge in [0, 0.05) is 11.8 Å². The number of hydrogen-bond acceptors (Lipinski definition) is 2. The SMILES string of the molecule is CC(=Nc1c(C)cccc1C)C1=CC=CC(N)C1. The van der Waals surface area contributed by atoms with Gasteiger partial charge >= 0.3 is 0 Å². The van der Waals surface area contributed by atoms with Crippen LogP contribution in [0.4, 0.5) is 5.69 Å². The first-order valence-corrected chi connectivity index (χ1v) is 6.33. The molecule has 2 heteroatoms. The predicted molar refractivity (Wildman–Crippen MR) is 78.5 cm³/mol. The number of allylic oxidation sites excluding steroid dienone is 2. The third kappa shape index (κ3) is 2.77. The third-order valence-electron chi connectivity index (χ3n) is 3.30. The third-order valence-corrected chi connectivity index (χ3v) is 3.30. The first kappa shape index (κ1) is 12.8. The van der Waals surface area contributed by atoms with Crippen molar-refractivity contribution >= 4 is 11.4 Å². The van der Waals surface area contributed by atoms with Crippen molar-refractivity contribution in [1.29, 1.82) is 0 Å². The van der Waals surface area contributed by atoms with Crippen LogP contribution < -0.4 is 5.73 Å². The Morgan fingerprint density at radius 3 is 2.56 bits per heavy atom. The maximum absolute atomic E-state index is 5.93. The van der Waals surface area contributed by atoms with Crippen molar-refractivity contribution in [2.75, 3.05) is 0 Å². The molecule has 1 aliphatic carbocycles. The monoisotopic (exact) mass is 240 g/mol. The molecule has 1 aliphatic rings. The topological polar surface area (TPSA) is 38.4 Å². The highest BCUT2D eigenvalue weighted by molar-refractivity contribution is 6.00. The van der Waals surface area contributed by atoms with Crippen molar-refractivity contribution in [1.82, 2.24) is 0 Å². The van der Waals surface area contributed by atoms with E-state index in [0.717, 1.165) is 17.8 Å². The summed E-state index contributed by atoms with van der Waals surface area (Å²) in [6.45, 7) is 6.25. The molecule has 2 nitrogen and oxygen atoms in total. The molecule has 1 aromatic rings. The second-order valence-electron chi connectivity index (χ2n) is 4.88. The lowest BCUT2D eigenvalue weighted by Gasteiger charge is -2.15.